The van der Waals surface area contributed by atoms with Gasteiger partial charge in [-0.1, -0.05) is 35.8 Å². The fourth-order valence-electron chi connectivity index (χ4n) is 2.86. The van der Waals surface area contributed by atoms with Crippen molar-refractivity contribution in [3.8, 4) is 0 Å². The molecule has 0 radical (unpaired) electrons. The molecule has 1 aliphatic rings. The normalized spacial score (nSPS) is 14.0. The Balaban J connectivity index is 1.91. The molecule has 5 heteroatoms. The first-order valence-electron chi connectivity index (χ1n) is 8.22. The van der Waals surface area contributed by atoms with Crippen LogP contribution < -0.4 is 10.2 Å². The van der Waals surface area contributed by atoms with Gasteiger partial charge < -0.3 is 10.2 Å². The van der Waals surface area contributed by atoms with Crippen LogP contribution in [-0.4, -0.2) is 23.1 Å². The minimum absolute atomic E-state index is 0.320. The van der Waals surface area contributed by atoms with Crippen LogP contribution in [0.5, 0.6) is 0 Å². The molecular weight excluding hydrogens is 352 g/mol. The standard InChI is InChI=1S/C18H23BrN4/c1-4-20-16-10-17(22-18(21-16)12(2)3)23-8-7-13-9-15(19)6-5-14(13)11-23/h5-6,9-10,12H,4,7-8,11H2,1-3H3,(H,20,21,22). The van der Waals surface area contributed by atoms with E-state index in [9.17, 15) is 0 Å². The maximum atomic E-state index is 4.79. The molecular formula is C18H23BrN4. The van der Waals surface area contributed by atoms with Crippen LogP contribution in [0.15, 0.2) is 28.7 Å². The van der Waals surface area contributed by atoms with Crippen LogP contribution >= 0.6 is 15.9 Å². The summed E-state index contributed by atoms with van der Waals surface area (Å²) < 4.78 is 1.16. The number of halogens is 1. The number of aromatic nitrogens is 2. The minimum atomic E-state index is 0.320. The minimum Gasteiger partial charge on any atom is -0.370 e. The summed E-state index contributed by atoms with van der Waals surface area (Å²) in [5.41, 5.74) is 2.81. The van der Waals surface area contributed by atoms with E-state index in [2.05, 4.69) is 76.2 Å². The summed E-state index contributed by atoms with van der Waals surface area (Å²) in [6.07, 6.45) is 1.05. The van der Waals surface area contributed by atoms with E-state index >= 15 is 0 Å². The summed E-state index contributed by atoms with van der Waals surface area (Å²) in [5.74, 6) is 3.16. The molecule has 0 amide bonds. The van der Waals surface area contributed by atoms with Crippen molar-refractivity contribution in [1.82, 2.24) is 9.97 Å². The number of fused-ring (bicyclic) bond motifs is 1. The summed E-state index contributed by atoms with van der Waals surface area (Å²) in [6.45, 7) is 9.12. The number of benzene rings is 1. The number of anilines is 2. The molecule has 0 saturated carbocycles. The second-order valence-electron chi connectivity index (χ2n) is 6.24. The zero-order valence-corrected chi connectivity index (χ0v) is 15.5. The molecule has 0 aliphatic carbocycles. The van der Waals surface area contributed by atoms with Gasteiger partial charge in [0.2, 0.25) is 0 Å². The second-order valence-corrected chi connectivity index (χ2v) is 7.15. The summed E-state index contributed by atoms with van der Waals surface area (Å²) in [4.78, 5) is 11.8. The van der Waals surface area contributed by atoms with E-state index in [1.54, 1.807) is 0 Å². The van der Waals surface area contributed by atoms with E-state index in [0.29, 0.717) is 5.92 Å². The van der Waals surface area contributed by atoms with Crippen molar-refractivity contribution in [3.05, 3.63) is 45.7 Å². The lowest BCUT2D eigenvalue weighted by Crippen LogP contribution is -2.31. The maximum Gasteiger partial charge on any atom is 0.135 e. The third-order valence-corrected chi connectivity index (χ3v) is 4.60. The van der Waals surface area contributed by atoms with Crippen LogP contribution in [0.1, 0.15) is 43.6 Å². The Morgan fingerprint density at radius 2 is 2.04 bits per heavy atom. The smallest absolute Gasteiger partial charge is 0.135 e. The molecule has 1 aromatic heterocycles. The predicted octanol–water partition coefficient (Wildman–Crippen LogP) is 4.36. The highest BCUT2D eigenvalue weighted by atomic mass is 79.9. The Morgan fingerprint density at radius 3 is 2.78 bits per heavy atom. The first kappa shape index (κ1) is 16.2. The number of hydrogen-bond donors (Lipinski definition) is 1. The molecule has 0 saturated heterocycles. The van der Waals surface area contributed by atoms with E-state index in [4.69, 9.17) is 4.98 Å². The molecule has 0 bridgehead atoms. The fraction of sp³-hybridized carbons (Fsp3) is 0.444. The fourth-order valence-corrected chi connectivity index (χ4v) is 3.27. The van der Waals surface area contributed by atoms with E-state index in [1.807, 2.05) is 0 Å². The monoisotopic (exact) mass is 374 g/mol. The Labute approximate surface area is 146 Å². The average Bonchev–Trinajstić information content (AvgIpc) is 2.54. The van der Waals surface area contributed by atoms with Gasteiger partial charge in [0.05, 0.1) is 0 Å². The average molecular weight is 375 g/mol. The van der Waals surface area contributed by atoms with Crippen molar-refractivity contribution in [2.45, 2.75) is 39.7 Å². The van der Waals surface area contributed by atoms with Gasteiger partial charge in [-0.25, -0.2) is 9.97 Å². The molecule has 0 fully saturated rings. The van der Waals surface area contributed by atoms with Gasteiger partial charge in [0.25, 0.3) is 0 Å². The molecule has 122 valence electrons. The van der Waals surface area contributed by atoms with E-state index < -0.39 is 0 Å². The van der Waals surface area contributed by atoms with Gasteiger partial charge in [0, 0.05) is 36.1 Å². The largest absolute Gasteiger partial charge is 0.370 e. The Kier molecular flexibility index (Phi) is 4.85. The molecule has 4 nitrogen and oxygen atoms in total. The van der Waals surface area contributed by atoms with Crippen molar-refractivity contribution in [1.29, 1.82) is 0 Å². The van der Waals surface area contributed by atoms with Gasteiger partial charge in [-0.15, -0.1) is 0 Å². The Morgan fingerprint density at radius 1 is 1.22 bits per heavy atom. The van der Waals surface area contributed by atoms with Crippen LogP contribution in [-0.2, 0) is 13.0 Å². The van der Waals surface area contributed by atoms with Crippen molar-refractivity contribution in [3.63, 3.8) is 0 Å². The number of rotatable bonds is 4. The Hall–Kier alpha value is -1.62. The van der Waals surface area contributed by atoms with Crippen LogP contribution in [0, 0.1) is 0 Å². The lowest BCUT2D eigenvalue weighted by molar-refractivity contribution is 0.703. The van der Waals surface area contributed by atoms with E-state index in [-0.39, 0.29) is 0 Å². The van der Waals surface area contributed by atoms with Crippen LogP contribution in [0.25, 0.3) is 0 Å². The van der Waals surface area contributed by atoms with Gasteiger partial charge in [-0.05, 0) is 36.6 Å². The molecule has 1 aliphatic heterocycles. The van der Waals surface area contributed by atoms with Crippen molar-refractivity contribution in [2.75, 3.05) is 23.3 Å². The number of nitrogens with zero attached hydrogens (tertiary/aromatic N) is 3. The van der Waals surface area contributed by atoms with Crippen LogP contribution in [0.4, 0.5) is 11.6 Å². The van der Waals surface area contributed by atoms with Crippen LogP contribution in [0.2, 0.25) is 0 Å². The molecule has 1 N–H and O–H groups in total. The Bertz CT molecular complexity index is 699. The van der Waals surface area contributed by atoms with Gasteiger partial charge in [-0.3, -0.25) is 0 Å². The highest BCUT2D eigenvalue weighted by Crippen LogP contribution is 2.27. The molecule has 2 aromatic rings. The van der Waals surface area contributed by atoms with Gasteiger partial charge >= 0.3 is 0 Å². The molecule has 0 atom stereocenters. The third-order valence-electron chi connectivity index (χ3n) is 4.11. The van der Waals surface area contributed by atoms with Gasteiger partial charge in [-0.2, -0.15) is 0 Å². The summed E-state index contributed by atoms with van der Waals surface area (Å²) >= 11 is 3.56. The van der Waals surface area contributed by atoms with Crippen molar-refractivity contribution in [2.24, 2.45) is 0 Å². The van der Waals surface area contributed by atoms with Gasteiger partial charge in [0.15, 0.2) is 0 Å². The van der Waals surface area contributed by atoms with Crippen molar-refractivity contribution >= 4 is 27.6 Å². The third kappa shape index (κ3) is 3.66. The molecule has 1 aromatic carbocycles. The summed E-state index contributed by atoms with van der Waals surface area (Å²) in [5, 5.41) is 3.32. The topological polar surface area (TPSA) is 41.0 Å². The number of nitrogens with one attached hydrogen (secondary N) is 1. The second kappa shape index (κ2) is 6.87. The maximum absolute atomic E-state index is 4.79. The number of hydrogen-bond acceptors (Lipinski definition) is 4. The molecule has 2 heterocycles. The SMILES string of the molecule is CCNc1cc(N2CCc3cc(Br)ccc3C2)nc(C(C)C)n1. The van der Waals surface area contributed by atoms with Crippen molar-refractivity contribution < 1.29 is 0 Å². The quantitative estimate of drug-likeness (QED) is 0.862. The lowest BCUT2D eigenvalue weighted by atomic mass is 10.00. The van der Waals surface area contributed by atoms with E-state index in [0.717, 1.165) is 48.0 Å². The highest BCUT2D eigenvalue weighted by Gasteiger charge is 2.19. The summed E-state index contributed by atoms with van der Waals surface area (Å²) in [7, 11) is 0. The molecule has 23 heavy (non-hydrogen) atoms. The molecule has 3 rings (SSSR count). The zero-order valence-electron chi connectivity index (χ0n) is 13.9. The molecule has 0 spiro atoms. The van der Waals surface area contributed by atoms with Gasteiger partial charge in [0.1, 0.15) is 17.5 Å². The zero-order chi connectivity index (χ0) is 16.4. The summed E-state index contributed by atoms with van der Waals surface area (Å²) in [6, 6.07) is 8.63. The van der Waals surface area contributed by atoms with Crippen LogP contribution in [0.3, 0.4) is 0 Å². The first-order chi connectivity index (χ1) is 11.1. The van der Waals surface area contributed by atoms with E-state index in [1.165, 1.54) is 11.1 Å². The first-order valence-corrected chi connectivity index (χ1v) is 9.01. The predicted molar refractivity (Wildman–Crippen MR) is 99.2 cm³/mol. The highest BCUT2D eigenvalue weighted by molar-refractivity contribution is 9.10. The lowest BCUT2D eigenvalue weighted by Gasteiger charge is -2.30. The molecule has 0 unspecified atom stereocenters.